The molecule has 0 aromatic heterocycles. The van der Waals surface area contributed by atoms with E-state index >= 15 is 0 Å². The first-order chi connectivity index (χ1) is 16.1. The van der Waals surface area contributed by atoms with Crippen molar-refractivity contribution in [1.29, 1.82) is 0 Å². The van der Waals surface area contributed by atoms with Gasteiger partial charge in [0.2, 0.25) is 0 Å². The number of piperidine rings is 1. The highest BCUT2D eigenvalue weighted by Gasteiger charge is 2.31. The standard InChI is InChI=1S/C26H34FN3O3/c1-3-33-22-9-7-20(8-10-22)24-5-4-14-30(24)26(31)28-21-12-15-29(16-13-21)18-19-6-11-25(32-2)23(27)17-19/h6-11,17,21,24H,3-5,12-16,18H2,1-2H3,(H,28,31). The van der Waals surface area contributed by atoms with E-state index in [1.165, 1.54) is 7.11 Å². The summed E-state index contributed by atoms with van der Waals surface area (Å²) in [6, 6.07) is 13.6. The largest absolute Gasteiger partial charge is 0.494 e. The summed E-state index contributed by atoms with van der Waals surface area (Å²) in [4.78, 5) is 17.3. The number of nitrogens with one attached hydrogen (secondary N) is 1. The lowest BCUT2D eigenvalue weighted by molar-refractivity contribution is 0.166. The van der Waals surface area contributed by atoms with Gasteiger partial charge in [-0.15, -0.1) is 0 Å². The van der Waals surface area contributed by atoms with Crippen molar-refractivity contribution in [2.75, 3.05) is 33.4 Å². The van der Waals surface area contributed by atoms with E-state index in [4.69, 9.17) is 9.47 Å². The van der Waals surface area contributed by atoms with Crippen LogP contribution in [-0.4, -0.2) is 55.2 Å². The zero-order valence-electron chi connectivity index (χ0n) is 19.6. The summed E-state index contributed by atoms with van der Waals surface area (Å²) in [5.74, 6) is 0.801. The zero-order valence-corrected chi connectivity index (χ0v) is 19.6. The molecule has 1 unspecified atom stereocenters. The van der Waals surface area contributed by atoms with Crippen LogP contribution in [0.5, 0.6) is 11.5 Å². The highest BCUT2D eigenvalue weighted by Crippen LogP contribution is 2.33. The molecule has 33 heavy (non-hydrogen) atoms. The van der Waals surface area contributed by atoms with Gasteiger partial charge in [0.25, 0.3) is 0 Å². The average Bonchev–Trinajstić information content (AvgIpc) is 3.31. The fraction of sp³-hybridized carbons (Fsp3) is 0.500. The SMILES string of the molecule is CCOc1ccc(C2CCCN2C(=O)NC2CCN(Cc3ccc(OC)c(F)c3)CC2)cc1. The van der Waals surface area contributed by atoms with Crippen LogP contribution in [0.2, 0.25) is 0 Å². The Balaban J connectivity index is 1.27. The highest BCUT2D eigenvalue weighted by molar-refractivity contribution is 5.75. The van der Waals surface area contributed by atoms with Crippen LogP contribution in [0.15, 0.2) is 42.5 Å². The third kappa shape index (κ3) is 5.77. The molecule has 0 aliphatic carbocycles. The number of ether oxygens (including phenoxy) is 2. The van der Waals surface area contributed by atoms with E-state index in [-0.39, 0.29) is 29.7 Å². The van der Waals surface area contributed by atoms with Crippen LogP contribution in [0.25, 0.3) is 0 Å². The van der Waals surface area contributed by atoms with Gasteiger partial charge in [0.05, 0.1) is 19.8 Å². The maximum absolute atomic E-state index is 14.0. The van der Waals surface area contributed by atoms with Crippen molar-refractivity contribution in [3.05, 3.63) is 59.4 Å². The van der Waals surface area contributed by atoms with Crippen molar-refractivity contribution in [3.8, 4) is 11.5 Å². The minimum atomic E-state index is -0.329. The number of nitrogens with zero attached hydrogens (tertiary/aromatic N) is 2. The topological polar surface area (TPSA) is 54.0 Å². The van der Waals surface area contributed by atoms with Crippen LogP contribution in [0.3, 0.4) is 0 Å². The van der Waals surface area contributed by atoms with Gasteiger partial charge in [-0.3, -0.25) is 4.90 Å². The van der Waals surface area contributed by atoms with Crippen LogP contribution in [0.1, 0.15) is 49.8 Å². The molecule has 2 saturated heterocycles. The summed E-state index contributed by atoms with van der Waals surface area (Å²) < 4.78 is 24.5. The lowest BCUT2D eigenvalue weighted by Gasteiger charge is -2.34. The van der Waals surface area contributed by atoms with Crippen molar-refractivity contribution in [2.24, 2.45) is 0 Å². The molecular formula is C26H34FN3O3. The monoisotopic (exact) mass is 455 g/mol. The molecule has 2 aromatic carbocycles. The second-order valence-corrected chi connectivity index (χ2v) is 8.82. The van der Waals surface area contributed by atoms with Gasteiger partial charge < -0.3 is 19.7 Å². The number of carbonyl (C=O) groups excluding carboxylic acids is 1. The minimum absolute atomic E-state index is 0.0297. The second-order valence-electron chi connectivity index (χ2n) is 8.82. The Morgan fingerprint density at radius 3 is 2.52 bits per heavy atom. The number of halogens is 1. The van der Waals surface area contributed by atoms with Crippen LogP contribution < -0.4 is 14.8 Å². The van der Waals surface area contributed by atoms with Crippen molar-refractivity contribution in [1.82, 2.24) is 15.1 Å². The summed E-state index contributed by atoms with van der Waals surface area (Å²) in [5, 5.41) is 3.26. The summed E-state index contributed by atoms with van der Waals surface area (Å²) >= 11 is 0. The van der Waals surface area contributed by atoms with Gasteiger partial charge in [0.1, 0.15) is 5.75 Å². The quantitative estimate of drug-likeness (QED) is 0.655. The van der Waals surface area contributed by atoms with E-state index < -0.39 is 0 Å². The number of methoxy groups -OCH3 is 1. The Hall–Kier alpha value is -2.80. The van der Waals surface area contributed by atoms with Gasteiger partial charge in [0, 0.05) is 32.2 Å². The Morgan fingerprint density at radius 1 is 1.09 bits per heavy atom. The first-order valence-electron chi connectivity index (χ1n) is 11.9. The molecule has 2 aliphatic rings. The highest BCUT2D eigenvalue weighted by atomic mass is 19.1. The molecule has 2 amide bonds. The Labute approximate surface area is 195 Å². The van der Waals surface area contributed by atoms with Crippen LogP contribution in [0, 0.1) is 5.82 Å². The van der Waals surface area contributed by atoms with E-state index in [9.17, 15) is 9.18 Å². The molecule has 2 aliphatic heterocycles. The minimum Gasteiger partial charge on any atom is -0.494 e. The molecule has 1 N–H and O–H groups in total. The van der Waals surface area contributed by atoms with Gasteiger partial charge in [-0.1, -0.05) is 18.2 Å². The molecule has 4 rings (SSSR count). The molecule has 2 heterocycles. The molecule has 178 valence electrons. The van der Waals surface area contributed by atoms with Gasteiger partial charge in [-0.2, -0.15) is 0 Å². The Kier molecular flexibility index (Phi) is 7.70. The van der Waals surface area contributed by atoms with Gasteiger partial charge in [-0.05, 0) is 68.0 Å². The molecule has 2 fully saturated rings. The molecular weight excluding hydrogens is 421 g/mol. The number of hydrogen-bond acceptors (Lipinski definition) is 4. The van der Waals surface area contributed by atoms with E-state index in [0.29, 0.717) is 13.2 Å². The summed E-state index contributed by atoms with van der Waals surface area (Å²) in [5.41, 5.74) is 2.10. The maximum Gasteiger partial charge on any atom is 0.318 e. The van der Waals surface area contributed by atoms with Gasteiger partial charge in [-0.25, -0.2) is 9.18 Å². The number of likely N-dealkylation sites (tertiary alicyclic amines) is 2. The smallest absolute Gasteiger partial charge is 0.318 e. The maximum atomic E-state index is 14.0. The Morgan fingerprint density at radius 2 is 1.85 bits per heavy atom. The van der Waals surface area contributed by atoms with E-state index in [1.807, 2.05) is 30.0 Å². The molecule has 6 nitrogen and oxygen atoms in total. The van der Waals surface area contributed by atoms with E-state index in [1.54, 1.807) is 12.1 Å². The van der Waals surface area contributed by atoms with Crippen molar-refractivity contribution in [3.63, 3.8) is 0 Å². The summed E-state index contributed by atoms with van der Waals surface area (Å²) in [6.45, 7) is 5.86. The summed E-state index contributed by atoms with van der Waals surface area (Å²) in [6.07, 6.45) is 3.79. The van der Waals surface area contributed by atoms with Crippen LogP contribution in [0.4, 0.5) is 9.18 Å². The van der Waals surface area contributed by atoms with E-state index in [0.717, 1.165) is 62.2 Å². The molecule has 0 radical (unpaired) electrons. The lowest BCUT2D eigenvalue weighted by atomic mass is 10.0. The fourth-order valence-corrected chi connectivity index (χ4v) is 4.87. The molecule has 0 saturated carbocycles. The molecule has 2 aromatic rings. The first-order valence-corrected chi connectivity index (χ1v) is 11.9. The number of urea groups is 1. The van der Waals surface area contributed by atoms with Crippen LogP contribution >= 0.6 is 0 Å². The molecule has 7 heteroatoms. The number of rotatable bonds is 7. The number of benzene rings is 2. The molecule has 0 bridgehead atoms. The Bertz CT molecular complexity index is 929. The first kappa shape index (κ1) is 23.4. The van der Waals surface area contributed by atoms with E-state index in [2.05, 4.69) is 22.3 Å². The zero-order chi connectivity index (χ0) is 23.2. The third-order valence-electron chi connectivity index (χ3n) is 6.63. The second kappa shape index (κ2) is 10.9. The van der Waals surface area contributed by atoms with Gasteiger partial charge in [0.15, 0.2) is 11.6 Å². The number of carbonyl (C=O) groups is 1. The normalized spacial score (nSPS) is 19.5. The number of amides is 2. The molecule has 0 spiro atoms. The molecule has 1 atom stereocenters. The van der Waals surface area contributed by atoms with Crippen molar-refractivity contribution < 1.29 is 18.7 Å². The van der Waals surface area contributed by atoms with Crippen molar-refractivity contribution >= 4 is 6.03 Å². The van der Waals surface area contributed by atoms with Crippen molar-refractivity contribution in [2.45, 2.75) is 51.2 Å². The number of hydrogen-bond donors (Lipinski definition) is 1. The van der Waals surface area contributed by atoms with Crippen LogP contribution in [-0.2, 0) is 6.54 Å². The predicted molar refractivity (Wildman–Crippen MR) is 126 cm³/mol. The summed E-state index contributed by atoms with van der Waals surface area (Å²) in [7, 11) is 1.47. The fourth-order valence-electron chi connectivity index (χ4n) is 4.87. The lowest BCUT2D eigenvalue weighted by Crippen LogP contribution is -2.48. The third-order valence-corrected chi connectivity index (χ3v) is 6.63. The van der Waals surface area contributed by atoms with Gasteiger partial charge >= 0.3 is 6.03 Å². The average molecular weight is 456 g/mol. The predicted octanol–water partition coefficient (Wildman–Crippen LogP) is 4.74.